The fourth-order valence-electron chi connectivity index (χ4n) is 2.84. The van der Waals surface area contributed by atoms with Crippen LogP contribution < -0.4 is 4.90 Å². The van der Waals surface area contributed by atoms with Crippen molar-refractivity contribution < 1.29 is 8.42 Å². The highest BCUT2D eigenvalue weighted by Crippen LogP contribution is 2.17. The van der Waals surface area contributed by atoms with Gasteiger partial charge in [0.2, 0.25) is 10.0 Å². The van der Waals surface area contributed by atoms with Gasteiger partial charge in [-0.25, -0.2) is 23.4 Å². The molecule has 0 aromatic carbocycles. The fraction of sp³-hybridized carbons (Fsp3) is 0.389. The lowest BCUT2D eigenvalue weighted by Crippen LogP contribution is -2.48. The number of hydrogen-bond donors (Lipinski definition) is 0. The van der Waals surface area contributed by atoms with Gasteiger partial charge in [0.1, 0.15) is 11.6 Å². The van der Waals surface area contributed by atoms with Crippen molar-refractivity contribution in [1.29, 1.82) is 0 Å². The summed E-state index contributed by atoms with van der Waals surface area (Å²) < 4.78 is 27.6. The van der Waals surface area contributed by atoms with Crippen molar-refractivity contribution in [2.45, 2.75) is 19.3 Å². The number of unbranched alkanes of at least 4 members (excludes halogenated alkanes) is 1. The second-order valence-corrected chi connectivity index (χ2v) is 9.26. The van der Waals surface area contributed by atoms with Crippen LogP contribution in [0, 0.1) is 3.57 Å². The van der Waals surface area contributed by atoms with Gasteiger partial charge in [-0.1, -0.05) is 6.08 Å². The Morgan fingerprint density at radius 1 is 1.07 bits per heavy atom. The molecule has 27 heavy (non-hydrogen) atoms. The average Bonchev–Trinajstić information content (AvgIpc) is 2.69. The van der Waals surface area contributed by atoms with Crippen LogP contribution in [-0.4, -0.2) is 53.9 Å². The summed E-state index contributed by atoms with van der Waals surface area (Å²) in [6.07, 6.45) is 9.23. The van der Waals surface area contributed by atoms with Gasteiger partial charge < -0.3 is 4.90 Å². The van der Waals surface area contributed by atoms with Gasteiger partial charge in [-0.05, 0) is 53.6 Å². The molecule has 144 valence electrons. The summed E-state index contributed by atoms with van der Waals surface area (Å²) in [7, 11) is -3.37. The first kappa shape index (κ1) is 20.2. The molecule has 0 bridgehead atoms. The van der Waals surface area contributed by atoms with Crippen LogP contribution in [0.15, 0.2) is 48.3 Å². The monoisotopic (exact) mass is 499 g/mol. The molecule has 0 atom stereocenters. The molecule has 0 saturated carbocycles. The molecule has 1 saturated heterocycles. The first-order valence-corrected chi connectivity index (χ1v) is 11.4. The molecular weight excluding hydrogens is 477 g/mol. The van der Waals surface area contributed by atoms with Gasteiger partial charge in [0.05, 0.1) is 0 Å². The smallest absolute Gasteiger partial charge is 0.236 e. The van der Waals surface area contributed by atoms with Crippen LogP contribution >= 0.6 is 22.6 Å². The van der Waals surface area contributed by atoms with E-state index in [1.807, 2.05) is 18.3 Å². The van der Waals surface area contributed by atoms with Crippen molar-refractivity contribution in [2.75, 3.05) is 31.1 Å². The minimum absolute atomic E-state index is 0.470. The van der Waals surface area contributed by atoms with Crippen molar-refractivity contribution in [3.63, 3.8) is 0 Å². The molecule has 0 aliphatic carbocycles. The molecule has 1 aliphatic heterocycles. The molecule has 0 amide bonds. The molecule has 0 radical (unpaired) electrons. The Morgan fingerprint density at radius 2 is 1.81 bits per heavy atom. The Hall–Kier alpha value is -1.59. The summed E-state index contributed by atoms with van der Waals surface area (Å²) in [6, 6.07) is 5.77. The minimum atomic E-state index is -3.37. The van der Waals surface area contributed by atoms with Crippen LogP contribution in [0.2, 0.25) is 0 Å². The van der Waals surface area contributed by atoms with E-state index in [9.17, 15) is 8.42 Å². The van der Waals surface area contributed by atoms with Gasteiger partial charge in [0.25, 0.3) is 0 Å². The van der Waals surface area contributed by atoms with Crippen LogP contribution in [0.3, 0.4) is 0 Å². The van der Waals surface area contributed by atoms with Gasteiger partial charge in [-0.2, -0.15) is 4.31 Å². The van der Waals surface area contributed by atoms with Crippen molar-refractivity contribution >= 4 is 38.4 Å². The van der Waals surface area contributed by atoms with E-state index in [0.29, 0.717) is 32.6 Å². The Morgan fingerprint density at radius 3 is 2.48 bits per heavy atom. The van der Waals surface area contributed by atoms with Gasteiger partial charge in [0.15, 0.2) is 0 Å². The summed E-state index contributed by atoms with van der Waals surface area (Å²) in [5.74, 6) is 1.68. The lowest BCUT2D eigenvalue weighted by atomic mass is 10.2. The standard InChI is InChI=1S/C18H22IN5O2S/c19-16-6-7-18(22-15-16)23-10-12-24(13-11-23)27(25,26)14-3-1-2-5-17-20-8-4-9-21-17/h3-4,6-9,14-15H,1-2,5,10-13H2. The maximum atomic E-state index is 12.5. The second kappa shape index (κ2) is 9.56. The SMILES string of the molecule is O=S(=O)(C=CCCCc1ncccn1)N1CCN(c2ccc(I)cn2)CC1. The van der Waals surface area contributed by atoms with Crippen molar-refractivity contribution in [3.05, 3.63) is 57.7 Å². The lowest BCUT2D eigenvalue weighted by molar-refractivity contribution is 0.388. The quantitative estimate of drug-likeness (QED) is 0.430. The number of allylic oxidation sites excluding steroid dienone is 1. The normalized spacial score (nSPS) is 16.1. The highest BCUT2D eigenvalue weighted by atomic mass is 127. The first-order chi connectivity index (χ1) is 13.0. The van der Waals surface area contributed by atoms with E-state index in [4.69, 9.17) is 0 Å². The summed E-state index contributed by atoms with van der Waals surface area (Å²) in [5.41, 5.74) is 0. The maximum Gasteiger partial charge on any atom is 0.236 e. The predicted molar refractivity (Wildman–Crippen MR) is 114 cm³/mol. The Balaban J connectivity index is 1.45. The zero-order valence-corrected chi connectivity index (χ0v) is 17.9. The highest BCUT2D eigenvalue weighted by molar-refractivity contribution is 14.1. The Labute approximate surface area is 173 Å². The van der Waals surface area contributed by atoms with E-state index in [0.717, 1.165) is 28.1 Å². The number of anilines is 1. The Bertz CT molecular complexity index is 851. The number of nitrogens with zero attached hydrogens (tertiary/aromatic N) is 5. The molecule has 0 unspecified atom stereocenters. The van der Waals surface area contributed by atoms with Crippen molar-refractivity contribution in [3.8, 4) is 0 Å². The number of hydrogen-bond acceptors (Lipinski definition) is 6. The number of rotatable bonds is 7. The largest absolute Gasteiger partial charge is 0.354 e. The molecule has 9 heteroatoms. The van der Waals surface area contributed by atoms with Gasteiger partial charge in [-0.3, -0.25) is 0 Å². The van der Waals surface area contributed by atoms with Crippen LogP contribution in [0.4, 0.5) is 5.82 Å². The number of piperazine rings is 1. The number of aromatic nitrogens is 3. The van der Waals surface area contributed by atoms with Crippen molar-refractivity contribution in [2.24, 2.45) is 0 Å². The molecule has 1 aliphatic rings. The summed E-state index contributed by atoms with van der Waals surface area (Å²) in [5, 5.41) is 1.33. The van der Waals surface area contributed by atoms with Gasteiger partial charge in [0, 0.05) is 60.2 Å². The molecule has 2 aromatic heterocycles. The Kier molecular flexibility index (Phi) is 7.13. The van der Waals surface area contributed by atoms with Gasteiger partial charge >= 0.3 is 0 Å². The molecule has 1 fully saturated rings. The number of aryl methyl sites for hydroxylation is 1. The first-order valence-electron chi connectivity index (χ1n) is 8.84. The zero-order chi connectivity index (χ0) is 19.1. The topological polar surface area (TPSA) is 79.3 Å². The van der Waals surface area contributed by atoms with E-state index in [1.54, 1.807) is 24.5 Å². The maximum absolute atomic E-state index is 12.5. The third-order valence-corrected chi connectivity index (χ3v) is 6.55. The van der Waals surface area contributed by atoms with Crippen LogP contribution in [0.5, 0.6) is 0 Å². The van der Waals surface area contributed by atoms with Crippen LogP contribution in [0.25, 0.3) is 0 Å². The summed E-state index contributed by atoms with van der Waals surface area (Å²) in [6.45, 7) is 2.23. The molecule has 3 heterocycles. The minimum Gasteiger partial charge on any atom is -0.354 e. The van der Waals surface area contributed by atoms with E-state index in [1.165, 1.54) is 9.71 Å². The average molecular weight is 499 g/mol. The molecular formula is C18H22IN5O2S. The highest BCUT2D eigenvalue weighted by Gasteiger charge is 2.25. The molecule has 2 aromatic rings. The molecule has 0 spiro atoms. The van der Waals surface area contributed by atoms with E-state index >= 15 is 0 Å². The zero-order valence-electron chi connectivity index (χ0n) is 14.9. The third-order valence-electron chi connectivity index (χ3n) is 4.29. The number of sulfonamides is 1. The van der Waals surface area contributed by atoms with E-state index in [-0.39, 0.29) is 0 Å². The third kappa shape index (κ3) is 5.94. The second-order valence-electron chi connectivity index (χ2n) is 6.19. The number of halogens is 1. The number of pyridine rings is 1. The van der Waals surface area contributed by atoms with Crippen LogP contribution in [0.1, 0.15) is 18.7 Å². The fourth-order valence-corrected chi connectivity index (χ4v) is 4.38. The van der Waals surface area contributed by atoms with Gasteiger partial charge in [-0.15, -0.1) is 0 Å². The predicted octanol–water partition coefficient (Wildman–Crippen LogP) is 2.46. The molecule has 7 nitrogen and oxygen atoms in total. The van der Waals surface area contributed by atoms with E-state index in [2.05, 4.69) is 42.4 Å². The van der Waals surface area contributed by atoms with Crippen LogP contribution in [-0.2, 0) is 16.4 Å². The molecule has 3 rings (SSSR count). The summed E-state index contributed by atoms with van der Waals surface area (Å²) in [4.78, 5) is 14.9. The van der Waals surface area contributed by atoms with Crippen molar-refractivity contribution in [1.82, 2.24) is 19.3 Å². The molecule has 0 N–H and O–H groups in total. The van der Waals surface area contributed by atoms with E-state index < -0.39 is 10.0 Å². The summed E-state index contributed by atoms with van der Waals surface area (Å²) >= 11 is 2.22. The lowest BCUT2D eigenvalue weighted by Gasteiger charge is -2.34.